The van der Waals surface area contributed by atoms with Crippen molar-refractivity contribution in [3.8, 4) is 0 Å². The summed E-state index contributed by atoms with van der Waals surface area (Å²) < 4.78 is 0. The van der Waals surface area contributed by atoms with Gasteiger partial charge in [0.25, 0.3) is 0 Å². The molecule has 0 saturated heterocycles. The Morgan fingerprint density at radius 2 is 0.963 bits per heavy atom. The van der Waals surface area contributed by atoms with Crippen LogP contribution in [0.4, 0.5) is 0 Å². The monoisotopic (exact) mass is 412 g/mol. The first-order chi connectivity index (χ1) is 12.8. The minimum Gasteiger partial charge on any atom is -1.00 e. The maximum absolute atomic E-state index is 2.39. The Kier molecular flexibility index (Phi) is 18.0. The van der Waals surface area contributed by atoms with Crippen molar-refractivity contribution in [1.29, 1.82) is 0 Å². The second-order valence-corrected chi connectivity index (χ2v) is 12.7. The maximum atomic E-state index is 2.39. The van der Waals surface area contributed by atoms with Crippen LogP contribution in [0.3, 0.4) is 0 Å². The zero-order chi connectivity index (χ0) is 18.9. The molecule has 1 aromatic carbocycles. The summed E-state index contributed by atoms with van der Waals surface area (Å²) in [6, 6.07) is 11.4. The molecule has 0 atom stereocenters. The van der Waals surface area contributed by atoms with Crippen molar-refractivity contribution in [1.82, 2.24) is 0 Å². The highest BCUT2D eigenvalue weighted by Crippen LogP contribution is 2.63. The Bertz CT molecular complexity index is 386. The fraction of sp³-hybridized carbons (Fsp3) is 0.760. The van der Waals surface area contributed by atoms with Crippen LogP contribution in [0.25, 0.3) is 0 Å². The Balaban J connectivity index is 0.00000676. The number of halogens is 1. The summed E-state index contributed by atoms with van der Waals surface area (Å²) >= 11 is 0. The Morgan fingerprint density at radius 1 is 0.556 bits per heavy atom. The predicted molar refractivity (Wildman–Crippen MR) is 124 cm³/mol. The van der Waals surface area contributed by atoms with E-state index in [9.17, 15) is 0 Å². The van der Waals surface area contributed by atoms with E-state index >= 15 is 0 Å². The second-order valence-electron chi connectivity index (χ2n) is 8.34. The second kappa shape index (κ2) is 18.0. The quantitative estimate of drug-likeness (QED) is 0.219. The Labute approximate surface area is 178 Å². The van der Waals surface area contributed by atoms with Crippen molar-refractivity contribution in [3.63, 3.8) is 0 Å². The average molecular weight is 413 g/mol. The lowest BCUT2D eigenvalue weighted by Crippen LogP contribution is -3.00. The minimum absolute atomic E-state index is 0. The normalized spacial score (nSPS) is 11.4. The van der Waals surface area contributed by atoms with Gasteiger partial charge in [-0.05, 0) is 44.1 Å². The lowest BCUT2D eigenvalue weighted by molar-refractivity contribution is -0.00000585. The first-order valence-corrected chi connectivity index (χ1v) is 14.2. The summed E-state index contributed by atoms with van der Waals surface area (Å²) in [4.78, 5) is 0. The van der Waals surface area contributed by atoms with Gasteiger partial charge in [-0.15, -0.1) is 0 Å². The van der Waals surface area contributed by atoms with Crippen LogP contribution in [0, 0.1) is 0 Å². The largest absolute Gasteiger partial charge is 1.00 e. The van der Waals surface area contributed by atoms with Gasteiger partial charge in [-0.25, -0.2) is 0 Å². The van der Waals surface area contributed by atoms with Gasteiger partial charge in [-0.3, -0.25) is 0 Å². The summed E-state index contributed by atoms with van der Waals surface area (Å²) in [6.07, 6.45) is 23.3. The molecule has 0 radical (unpaired) electrons. The van der Waals surface area contributed by atoms with Crippen LogP contribution in [0.2, 0.25) is 0 Å². The van der Waals surface area contributed by atoms with Crippen molar-refractivity contribution in [3.05, 3.63) is 35.9 Å². The number of hydrogen-bond acceptors (Lipinski definition) is 0. The molecule has 27 heavy (non-hydrogen) atoms. The van der Waals surface area contributed by atoms with Gasteiger partial charge in [0.05, 0.1) is 24.6 Å². The van der Waals surface area contributed by atoms with E-state index in [1.54, 1.807) is 24.0 Å². The van der Waals surface area contributed by atoms with Crippen molar-refractivity contribution >= 4 is 7.26 Å². The molecule has 0 saturated carbocycles. The number of rotatable bonds is 17. The zero-order valence-electron chi connectivity index (χ0n) is 18.5. The molecule has 0 unspecified atom stereocenters. The molecule has 0 amide bonds. The van der Waals surface area contributed by atoms with Crippen molar-refractivity contribution in [2.24, 2.45) is 0 Å². The number of hydrogen-bond donors (Lipinski definition) is 0. The highest BCUT2D eigenvalue weighted by Gasteiger charge is 2.35. The van der Waals surface area contributed by atoms with Crippen LogP contribution in [-0.4, -0.2) is 18.5 Å². The van der Waals surface area contributed by atoms with E-state index in [0.717, 1.165) is 0 Å². The van der Waals surface area contributed by atoms with Gasteiger partial charge in [0, 0.05) is 7.26 Å². The minimum atomic E-state index is -0.839. The molecule has 0 nitrogen and oxygen atoms in total. The third-order valence-corrected chi connectivity index (χ3v) is 10.6. The molecule has 0 aliphatic heterocycles. The molecule has 0 aliphatic rings. The van der Waals surface area contributed by atoms with E-state index in [4.69, 9.17) is 0 Å². The molecule has 2 heteroatoms. The molecule has 0 spiro atoms. The van der Waals surface area contributed by atoms with Gasteiger partial charge in [0.2, 0.25) is 0 Å². The third kappa shape index (κ3) is 12.9. The van der Waals surface area contributed by atoms with E-state index in [1.807, 2.05) is 0 Å². The molecule has 0 bridgehead atoms. The molecular formula is C25H46ClP. The Hall–Kier alpha value is -0.0600. The van der Waals surface area contributed by atoms with E-state index in [1.165, 1.54) is 83.2 Å². The van der Waals surface area contributed by atoms with Gasteiger partial charge in [-0.1, -0.05) is 89.6 Å². The van der Waals surface area contributed by atoms with E-state index in [2.05, 4.69) is 51.1 Å². The van der Waals surface area contributed by atoms with Crippen LogP contribution < -0.4 is 12.4 Å². The van der Waals surface area contributed by atoms with Gasteiger partial charge >= 0.3 is 0 Å². The first kappa shape index (κ1) is 26.9. The highest BCUT2D eigenvalue weighted by molar-refractivity contribution is 7.75. The SMILES string of the molecule is CCCCCC[P+](CCCCCC)(CCCCCC)Cc1ccccc1.[Cl-]. The van der Waals surface area contributed by atoms with Crippen LogP contribution in [-0.2, 0) is 6.16 Å². The summed E-state index contributed by atoms with van der Waals surface area (Å²) in [5, 5.41) is 0. The van der Waals surface area contributed by atoms with Crippen LogP contribution in [0.5, 0.6) is 0 Å². The van der Waals surface area contributed by atoms with Gasteiger partial charge in [0.15, 0.2) is 0 Å². The third-order valence-electron chi connectivity index (χ3n) is 5.82. The van der Waals surface area contributed by atoms with E-state index in [-0.39, 0.29) is 12.4 Å². The van der Waals surface area contributed by atoms with Gasteiger partial charge in [0.1, 0.15) is 0 Å². The molecule has 0 N–H and O–H groups in total. The van der Waals surface area contributed by atoms with Crippen molar-refractivity contribution in [2.75, 3.05) is 18.5 Å². The molecule has 158 valence electrons. The molecule has 0 heterocycles. The standard InChI is InChI=1S/C25H46P.ClH/c1-4-7-10-16-21-26(22-17-11-8-5-2,23-18-12-9-6-3)24-25-19-14-13-15-20-25;/h13-15,19-20H,4-12,16-18,21-24H2,1-3H3;1H/q+1;/p-1. The van der Waals surface area contributed by atoms with E-state index < -0.39 is 7.26 Å². The highest BCUT2D eigenvalue weighted by atomic mass is 35.5. The summed E-state index contributed by atoms with van der Waals surface area (Å²) in [6.45, 7) is 7.01. The number of benzene rings is 1. The van der Waals surface area contributed by atoms with Crippen molar-refractivity contribution < 1.29 is 12.4 Å². The number of unbranched alkanes of at least 4 members (excludes halogenated alkanes) is 9. The van der Waals surface area contributed by atoms with Crippen LogP contribution >= 0.6 is 7.26 Å². The van der Waals surface area contributed by atoms with Gasteiger partial charge < -0.3 is 12.4 Å². The fourth-order valence-electron chi connectivity index (χ4n) is 4.17. The lowest BCUT2D eigenvalue weighted by Gasteiger charge is -2.28. The smallest absolute Gasteiger partial charge is 0.0842 e. The first-order valence-electron chi connectivity index (χ1n) is 11.7. The molecule has 1 aromatic rings. The summed E-state index contributed by atoms with van der Waals surface area (Å²) in [7, 11) is -0.839. The molecule has 0 aliphatic carbocycles. The summed E-state index contributed by atoms with van der Waals surface area (Å²) in [5.74, 6) is 0. The van der Waals surface area contributed by atoms with Crippen LogP contribution in [0.15, 0.2) is 30.3 Å². The van der Waals surface area contributed by atoms with Crippen LogP contribution in [0.1, 0.15) is 103 Å². The van der Waals surface area contributed by atoms with Crippen molar-refractivity contribution in [2.45, 2.75) is 104 Å². The topological polar surface area (TPSA) is 0 Å². The predicted octanol–water partition coefficient (Wildman–Crippen LogP) is 5.95. The average Bonchev–Trinajstić information content (AvgIpc) is 2.67. The summed E-state index contributed by atoms with van der Waals surface area (Å²) in [5.41, 5.74) is 1.61. The molecular weight excluding hydrogens is 367 g/mol. The fourth-order valence-corrected chi connectivity index (χ4v) is 8.98. The molecule has 0 fully saturated rings. The molecule has 0 aromatic heterocycles. The maximum Gasteiger partial charge on any atom is 0.0842 e. The van der Waals surface area contributed by atoms with Gasteiger partial charge in [-0.2, -0.15) is 0 Å². The lowest BCUT2D eigenvalue weighted by atomic mass is 10.2. The van der Waals surface area contributed by atoms with E-state index in [0.29, 0.717) is 0 Å². The Morgan fingerprint density at radius 3 is 1.33 bits per heavy atom. The molecule has 1 rings (SSSR count). The zero-order valence-corrected chi connectivity index (χ0v) is 20.2.